The SMILES string of the molecule is O=C(CNC(=O)c1cc2ccccc2o1)Nc1ccc(F)c(F)c1F. The van der Waals surface area contributed by atoms with Crippen molar-refractivity contribution in [3.63, 3.8) is 0 Å². The molecule has 0 spiro atoms. The van der Waals surface area contributed by atoms with E-state index in [1.165, 1.54) is 6.07 Å². The average Bonchev–Trinajstić information content (AvgIpc) is 3.04. The molecule has 0 radical (unpaired) electrons. The van der Waals surface area contributed by atoms with Crippen LogP contribution in [0.1, 0.15) is 10.6 Å². The molecule has 3 rings (SSSR count). The quantitative estimate of drug-likeness (QED) is 0.711. The molecule has 0 aliphatic heterocycles. The van der Waals surface area contributed by atoms with Crippen LogP contribution in [0.15, 0.2) is 46.9 Å². The number of hydrogen-bond donors (Lipinski definition) is 2. The number of fused-ring (bicyclic) bond motifs is 1. The van der Waals surface area contributed by atoms with Gasteiger partial charge in [0.1, 0.15) is 5.58 Å². The number of carbonyl (C=O) groups is 2. The van der Waals surface area contributed by atoms with E-state index in [9.17, 15) is 22.8 Å². The lowest BCUT2D eigenvalue weighted by Gasteiger charge is -2.07. The number of carbonyl (C=O) groups excluding carboxylic acids is 2. The molecule has 0 bridgehead atoms. The van der Waals surface area contributed by atoms with Crippen molar-refractivity contribution in [1.29, 1.82) is 0 Å². The Morgan fingerprint density at radius 2 is 1.76 bits per heavy atom. The maximum absolute atomic E-state index is 13.5. The van der Waals surface area contributed by atoms with Gasteiger partial charge in [-0.1, -0.05) is 18.2 Å². The summed E-state index contributed by atoms with van der Waals surface area (Å²) in [5, 5.41) is 5.06. The van der Waals surface area contributed by atoms with Crippen LogP contribution in [0.3, 0.4) is 0 Å². The molecule has 1 aromatic heterocycles. The van der Waals surface area contributed by atoms with E-state index in [0.29, 0.717) is 11.6 Å². The van der Waals surface area contributed by atoms with Crippen LogP contribution in [-0.4, -0.2) is 18.4 Å². The summed E-state index contributed by atoms with van der Waals surface area (Å²) in [5.74, 6) is -6.02. The van der Waals surface area contributed by atoms with E-state index < -0.39 is 41.5 Å². The van der Waals surface area contributed by atoms with Gasteiger partial charge < -0.3 is 15.1 Å². The Labute approximate surface area is 139 Å². The first kappa shape index (κ1) is 16.6. The fourth-order valence-corrected chi connectivity index (χ4v) is 2.16. The second-order valence-corrected chi connectivity index (χ2v) is 5.10. The molecule has 128 valence electrons. The third-order valence-electron chi connectivity index (χ3n) is 3.37. The van der Waals surface area contributed by atoms with Crippen molar-refractivity contribution in [2.45, 2.75) is 0 Å². The van der Waals surface area contributed by atoms with Gasteiger partial charge >= 0.3 is 0 Å². The van der Waals surface area contributed by atoms with Gasteiger partial charge in [0, 0.05) is 5.39 Å². The van der Waals surface area contributed by atoms with E-state index in [2.05, 4.69) is 5.32 Å². The molecule has 3 aromatic rings. The van der Waals surface area contributed by atoms with Gasteiger partial charge in [-0.15, -0.1) is 0 Å². The van der Waals surface area contributed by atoms with E-state index in [0.717, 1.165) is 11.5 Å². The topological polar surface area (TPSA) is 71.3 Å². The van der Waals surface area contributed by atoms with Crippen LogP contribution in [-0.2, 0) is 4.79 Å². The molecule has 0 saturated heterocycles. The van der Waals surface area contributed by atoms with Gasteiger partial charge in [0.15, 0.2) is 23.2 Å². The molecule has 0 unspecified atom stereocenters. The zero-order chi connectivity index (χ0) is 18.0. The standard InChI is InChI=1S/C17H11F3N2O3/c18-10-5-6-11(16(20)15(10)19)22-14(23)8-21-17(24)13-7-9-3-1-2-4-12(9)25-13/h1-7H,8H2,(H,21,24)(H,22,23). The Morgan fingerprint density at radius 1 is 1.00 bits per heavy atom. The Bertz CT molecular complexity index is 936. The van der Waals surface area contributed by atoms with Gasteiger partial charge in [-0.05, 0) is 24.3 Å². The van der Waals surface area contributed by atoms with Crippen LogP contribution in [0.5, 0.6) is 0 Å². The van der Waals surface area contributed by atoms with E-state index in [4.69, 9.17) is 4.42 Å². The van der Waals surface area contributed by atoms with Crippen LogP contribution in [0.25, 0.3) is 11.0 Å². The molecule has 5 nitrogen and oxygen atoms in total. The number of anilines is 1. The highest BCUT2D eigenvalue weighted by atomic mass is 19.2. The van der Waals surface area contributed by atoms with Crippen LogP contribution < -0.4 is 10.6 Å². The van der Waals surface area contributed by atoms with Crippen LogP contribution >= 0.6 is 0 Å². The highest BCUT2D eigenvalue weighted by Gasteiger charge is 2.17. The molecule has 8 heteroatoms. The smallest absolute Gasteiger partial charge is 0.287 e. The fourth-order valence-electron chi connectivity index (χ4n) is 2.16. The molecular formula is C17H11F3N2O3. The predicted molar refractivity (Wildman–Crippen MR) is 83.5 cm³/mol. The Kier molecular flexibility index (Phi) is 4.42. The maximum Gasteiger partial charge on any atom is 0.287 e. The predicted octanol–water partition coefficient (Wildman–Crippen LogP) is 3.22. The van der Waals surface area contributed by atoms with Crippen molar-refractivity contribution in [1.82, 2.24) is 5.32 Å². The van der Waals surface area contributed by atoms with Crippen molar-refractivity contribution in [2.75, 3.05) is 11.9 Å². The lowest BCUT2D eigenvalue weighted by molar-refractivity contribution is -0.115. The number of hydrogen-bond acceptors (Lipinski definition) is 3. The van der Waals surface area contributed by atoms with Crippen molar-refractivity contribution in [2.24, 2.45) is 0 Å². The minimum absolute atomic E-state index is 0.00741. The first-order valence-electron chi connectivity index (χ1n) is 7.16. The van der Waals surface area contributed by atoms with Crippen molar-refractivity contribution < 1.29 is 27.2 Å². The first-order valence-corrected chi connectivity index (χ1v) is 7.16. The van der Waals surface area contributed by atoms with E-state index >= 15 is 0 Å². The van der Waals surface area contributed by atoms with E-state index in [-0.39, 0.29) is 5.76 Å². The molecule has 2 aromatic carbocycles. The summed E-state index contributed by atoms with van der Waals surface area (Å²) in [4.78, 5) is 23.7. The molecule has 2 amide bonds. The molecule has 0 aliphatic carbocycles. The minimum Gasteiger partial charge on any atom is -0.451 e. The monoisotopic (exact) mass is 348 g/mol. The zero-order valence-corrected chi connectivity index (χ0v) is 12.6. The van der Waals surface area contributed by atoms with Crippen LogP contribution in [0.4, 0.5) is 18.9 Å². The van der Waals surface area contributed by atoms with Crippen LogP contribution in [0.2, 0.25) is 0 Å². The average molecular weight is 348 g/mol. The van der Waals surface area contributed by atoms with Crippen molar-refractivity contribution in [3.8, 4) is 0 Å². The van der Waals surface area contributed by atoms with Gasteiger partial charge in [0.2, 0.25) is 5.91 Å². The summed E-state index contributed by atoms with van der Waals surface area (Å²) in [6, 6.07) is 10.0. The van der Waals surface area contributed by atoms with Gasteiger partial charge in [-0.25, -0.2) is 13.2 Å². The minimum atomic E-state index is -1.69. The van der Waals surface area contributed by atoms with Gasteiger partial charge in [-0.2, -0.15) is 0 Å². The van der Waals surface area contributed by atoms with E-state index in [1.54, 1.807) is 24.3 Å². The molecule has 1 heterocycles. The third-order valence-corrected chi connectivity index (χ3v) is 3.37. The molecule has 0 atom stereocenters. The molecular weight excluding hydrogens is 337 g/mol. The number of rotatable bonds is 4. The first-order chi connectivity index (χ1) is 12.0. The third kappa shape index (κ3) is 3.47. The summed E-state index contributed by atoms with van der Waals surface area (Å²) in [5.41, 5.74) is -0.0113. The summed E-state index contributed by atoms with van der Waals surface area (Å²) in [6.07, 6.45) is 0. The van der Waals surface area contributed by atoms with E-state index in [1.807, 2.05) is 5.32 Å². The van der Waals surface area contributed by atoms with Crippen LogP contribution in [0, 0.1) is 17.5 Å². The Morgan fingerprint density at radius 3 is 2.52 bits per heavy atom. The summed E-state index contributed by atoms with van der Waals surface area (Å²) in [7, 11) is 0. The number of amides is 2. The number of furan rings is 1. The Hall–Kier alpha value is -3.29. The van der Waals surface area contributed by atoms with Gasteiger partial charge in [-0.3, -0.25) is 9.59 Å². The number of para-hydroxylation sites is 1. The summed E-state index contributed by atoms with van der Waals surface area (Å²) < 4.78 is 44.7. The molecule has 0 fully saturated rings. The largest absolute Gasteiger partial charge is 0.451 e. The number of halogens is 3. The lowest BCUT2D eigenvalue weighted by atomic mass is 10.2. The fraction of sp³-hybridized carbons (Fsp3) is 0.0588. The molecule has 25 heavy (non-hydrogen) atoms. The highest BCUT2D eigenvalue weighted by Crippen LogP contribution is 2.20. The second-order valence-electron chi connectivity index (χ2n) is 5.10. The molecule has 0 saturated carbocycles. The summed E-state index contributed by atoms with van der Waals surface area (Å²) in [6.45, 7) is -0.506. The summed E-state index contributed by atoms with van der Waals surface area (Å²) >= 11 is 0. The number of nitrogens with one attached hydrogen (secondary N) is 2. The van der Waals surface area contributed by atoms with Crippen molar-refractivity contribution in [3.05, 3.63) is 65.7 Å². The zero-order valence-electron chi connectivity index (χ0n) is 12.6. The second kappa shape index (κ2) is 6.68. The molecule has 2 N–H and O–H groups in total. The Balaban J connectivity index is 1.62. The number of benzene rings is 2. The lowest BCUT2D eigenvalue weighted by Crippen LogP contribution is -2.32. The molecule has 0 aliphatic rings. The van der Waals surface area contributed by atoms with Gasteiger partial charge in [0.25, 0.3) is 5.91 Å². The highest BCUT2D eigenvalue weighted by molar-refractivity contribution is 6.00. The van der Waals surface area contributed by atoms with Crippen molar-refractivity contribution >= 4 is 28.5 Å². The van der Waals surface area contributed by atoms with Gasteiger partial charge in [0.05, 0.1) is 12.2 Å². The maximum atomic E-state index is 13.5. The normalized spacial score (nSPS) is 10.7.